The molecule has 1 rings (SSSR count). The van der Waals surface area contributed by atoms with Crippen LogP contribution in [-0.2, 0) is 9.53 Å². The van der Waals surface area contributed by atoms with Gasteiger partial charge in [-0.15, -0.1) is 0 Å². The van der Waals surface area contributed by atoms with Crippen molar-refractivity contribution in [3.05, 3.63) is 58.7 Å². The normalized spacial score (nSPS) is 13.1. The third kappa shape index (κ3) is 12.1. The SMILES string of the molecule is COc1ccc(/C=C(\C=O)COCCC(C)CC/C=C(\C)CCC=C(C)C)cc1. The zero-order valence-electron chi connectivity index (χ0n) is 18.9. The van der Waals surface area contributed by atoms with Crippen molar-refractivity contribution < 1.29 is 14.3 Å². The maximum absolute atomic E-state index is 11.3. The summed E-state index contributed by atoms with van der Waals surface area (Å²) in [6.45, 7) is 9.82. The molecule has 0 fully saturated rings. The summed E-state index contributed by atoms with van der Waals surface area (Å²) >= 11 is 0. The van der Waals surface area contributed by atoms with Crippen LogP contribution in [-0.4, -0.2) is 26.6 Å². The van der Waals surface area contributed by atoms with Gasteiger partial charge in [-0.25, -0.2) is 0 Å². The first-order valence-electron chi connectivity index (χ1n) is 10.6. The number of benzene rings is 1. The van der Waals surface area contributed by atoms with Gasteiger partial charge in [-0.3, -0.25) is 4.79 Å². The minimum Gasteiger partial charge on any atom is -0.497 e. The second-order valence-electron chi connectivity index (χ2n) is 8.00. The Morgan fingerprint density at radius 3 is 2.38 bits per heavy atom. The van der Waals surface area contributed by atoms with Crippen LogP contribution in [0.25, 0.3) is 6.08 Å². The highest BCUT2D eigenvalue weighted by molar-refractivity contribution is 5.82. The standard InChI is InChI=1S/C26H38O3/c1-21(2)8-6-9-22(3)10-7-11-23(4)16-17-29-20-25(19-27)18-24-12-14-26(28-5)15-13-24/h8,10,12-15,18-19,23H,6-7,9,11,16-17,20H2,1-5H3/b22-10+,25-18+. The number of methoxy groups -OCH3 is 1. The van der Waals surface area contributed by atoms with Crippen molar-refractivity contribution in [3.63, 3.8) is 0 Å². The smallest absolute Gasteiger partial charge is 0.148 e. The van der Waals surface area contributed by atoms with Gasteiger partial charge in [-0.05, 0) is 82.6 Å². The number of hydrogen-bond acceptors (Lipinski definition) is 3. The Hall–Kier alpha value is -2.13. The molecule has 1 aromatic rings. The molecular weight excluding hydrogens is 360 g/mol. The summed E-state index contributed by atoms with van der Waals surface area (Å²) in [5.74, 6) is 1.42. The summed E-state index contributed by atoms with van der Waals surface area (Å²) in [6, 6.07) is 7.63. The largest absolute Gasteiger partial charge is 0.497 e. The highest BCUT2D eigenvalue weighted by Gasteiger charge is 2.03. The third-order valence-corrected chi connectivity index (χ3v) is 4.89. The maximum Gasteiger partial charge on any atom is 0.148 e. The molecule has 0 spiro atoms. The molecule has 0 aliphatic rings. The highest BCUT2D eigenvalue weighted by atomic mass is 16.5. The van der Waals surface area contributed by atoms with Crippen LogP contribution in [0.3, 0.4) is 0 Å². The summed E-state index contributed by atoms with van der Waals surface area (Å²) in [5.41, 5.74) is 4.49. The Bertz CT molecular complexity index is 676. The molecule has 1 atom stereocenters. The first-order valence-corrected chi connectivity index (χ1v) is 10.6. The van der Waals surface area contributed by atoms with E-state index < -0.39 is 0 Å². The van der Waals surface area contributed by atoms with E-state index in [9.17, 15) is 4.79 Å². The van der Waals surface area contributed by atoms with Crippen molar-refractivity contribution in [1.29, 1.82) is 0 Å². The van der Waals surface area contributed by atoms with E-state index in [1.807, 2.05) is 30.3 Å². The molecule has 0 saturated heterocycles. The second kappa shape index (κ2) is 14.8. The molecule has 0 saturated carbocycles. The molecule has 1 aromatic carbocycles. The van der Waals surface area contributed by atoms with Crippen LogP contribution < -0.4 is 4.74 Å². The molecular formula is C26H38O3. The fourth-order valence-electron chi connectivity index (χ4n) is 2.95. The molecule has 0 N–H and O–H groups in total. The lowest BCUT2D eigenvalue weighted by atomic mass is 10.0. The number of hydrogen-bond donors (Lipinski definition) is 0. The Morgan fingerprint density at radius 1 is 1.03 bits per heavy atom. The first kappa shape index (κ1) is 24.9. The van der Waals surface area contributed by atoms with Gasteiger partial charge < -0.3 is 9.47 Å². The molecule has 3 nitrogen and oxygen atoms in total. The van der Waals surface area contributed by atoms with E-state index in [-0.39, 0.29) is 0 Å². The predicted molar refractivity (Wildman–Crippen MR) is 123 cm³/mol. The molecule has 0 aromatic heterocycles. The minimum absolute atomic E-state index is 0.353. The van der Waals surface area contributed by atoms with Gasteiger partial charge in [0.25, 0.3) is 0 Å². The summed E-state index contributed by atoms with van der Waals surface area (Å²) in [5, 5.41) is 0. The van der Waals surface area contributed by atoms with E-state index in [1.54, 1.807) is 7.11 Å². The molecule has 0 heterocycles. The van der Waals surface area contributed by atoms with E-state index in [0.29, 0.717) is 24.7 Å². The Kier molecular flexibility index (Phi) is 12.7. The van der Waals surface area contributed by atoms with Crippen LogP contribution in [0.5, 0.6) is 5.75 Å². The Balaban J connectivity index is 2.26. The van der Waals surface area contributed by atoms with Gasteiger partial charge in [-0.2, -0.15) is 0 Å². The average molecular weight is 399 g/mol. The van der Waals surface area contributed by atoms with E-state index in [1.165, 1.54) is 17.6 Å². The predicted octanol–water partition coefficient (Wildman–Crippen LogP) is 6.79. The number of carbonyl (C=O) groups is 1. The van der Waals surface area contributed by atoms with Gasteiger partial charge in [0.2, 0.25) is 0 Å². The molecule has 3 heteroatoms. The van der Waals surface area contributed by atoms with E-state index in [2.05, 4.69) is 39.8 Å². The summed E-state index contributed by atoms with van der Waals surface area (Å²) in [6.07, 6.45) is 13.0. The number of allylic oxidation sites excluding steroid dienone is 4. The maximum atomic E-state index is 11.3. The van der Waals surface area contributed by atoms with Crippen molar-refractivity contribution in [2.24, 2.45) is 5.92 Å². The van der Waals surface area contributed by atoms with Gasteiger partial charge in [0.15, 0.2) is 0 Å². The Morgan fingerprint density at radius 2 is 1.76 bits per heavy atom. The van der Waals surface area contributed by atoms with Gasteiger partial charge >= 0.3 is 0 Å². The van der Waals surface area contributed by atoms with Crippen LogP contribution >= 0.6 is 0 Å². The number of ether oxygens (including phenoxy) is 2. The van der Waals surface area contributed by atoms with Crippen molar-refractivity contribution in [3.8, 4) is 5.75 Å². The quantitative estimate of drug-likeness (QED) is 0.150. The molecule has 0 aliphatic carbocycles. The van der Waals surface area contributed by atoms with Crippen molar-refractivity contribution in [2.45, 2.75) is 59.8 Å². The molecule has 0 aliphatic heterocycles. The topological polar surface area (TPSA) is 35.5 Å². The van der Waals surface area contributed by atoms with E-state index in [4.69, 9.17) is 9.47 Å². The lowest BCUT2D eigenvalue weighted by Crippen LogP contribution is -2.05. The highest BCUT2D eigenvalue weighted by Crippen LogP contribution is 2.16. The monoisotopic (exact) mass is 398 g/mol. The molecule has 29 heavy (non-hydrogen) atoms. The number of rotatable bonds is 14. The summed E-state index contributed by atoms with van der Waals surface area (Å²) in [4.78, 5) is 11.3. The lowest BCUT2D eigenvalue weighted by molar-refractivity contribution is -0.105. The van der Waals surface area contributed by atoms with Crippen molar-refractivity contribution in [1.82, 2.24) is 0 Å². The third-order valence-electron chi connectivity index (χ3n) is 4.89. The summed E-state index contributed by atoms with van der Waals surface area (Å²) < 4.78 is 10.9. The average Bonchev–Trinajstić information content (AvgIpc) is 2.70. The number of carbonyl (C=O) groups excluding carboxylic acids is 1. The molecule has 0 bridgehead atoms. The van der Waals surface area contributed by atoms with Gasteiger partial charge in [0.05, 0.1) is 13.7 Å². The van der Waals surface area contributed by atoms with Gasteiger partial charge in [0.1, 0.15) is 12.0 Å². The van der Waals surface area contributed by atoms with Crippen LogP contribution in [0.4, 0.5) is 0 Å². The lowest BCUT2D eigenvalue weighted by Gasteiger charge is -2.11. The van der Waals surface area contributed by atoms with Crippen LogP contribution in [0.2, 0.25) is 0 Å². The van der Waals surface area contributed by atoms with Crippen molar-refractivity contribution >= 4 is 12.4 Å². The fraction of sp³-hybridized carbons (Fsp3) is 0.500. The second-order valence-corrected chi connectivity index (χ2v) is 8.00. The van der Waals surface area contributed by atoms with Gasteiger partial charge in [0, 0.05) is 12.2 Å². The van der Waals surface area contributed by atoms with Crippen LogP contribution in [0.1, 0.15) is 65.4 Å². The zero-order chi connectivity index (χ0) is 21.5. The molecule has 1 unspecified atom stereocenters. The molecule has 0 amide bonds. The zero-order valence-corrected chi connectivity index (χ0v) is 18.9. The van der Waals surface area contributed by atoms with Crippen LogP contribution in [0, 0.1) is 5.92 Å². The molecule has 160 valence electrons. The minimum atomic E-state index is 0.353. The fourth-order valence-corrected chi connectivity index (χ4v) is 2.95. The number of aldehydes is 1. The summed E-state index contributed by atoms with van der Waals surface area (Å²) in [7, 11) is 1.64. The van der Waals surface area contributed by atoms with Crippen molar-refractivity contribution in [2.75, 3.05) is 20.3 Å². The van der Waals surface area contributed by atoms with Crippen LogP contribution in [0.15, 0.2) is 53.1 Å². The van der Waals surface area contributed by atoms with E-state index >= 15 is 0 Å². The van der Waals surface area contributed by atoms with E-state index in [0.717, 1.165) is 43.3 Å². The Labute approximate surface area is 177 Å². The molecule has 0 radical (unpaired) electrons. The first-order chi connectivity index (χ1) is 13.9. The van der Waals surface area contributed by atoms with Gasteiger partial charge in [-0.1, -0.05) is 42.4 Å².